The number of carbonyl (C=O) groups is 2. The lowest BCUT2D eigenvalue weighted by atomic mass is 10.0. The van der Waals surface area contributed by atoms with E-state index in [0.29, 0.717) is 22.5 Å². The Hall–Kier alpha value is -4.16. The lowest BCUT2D eigenvalue weighted by Gasteiger charge is -2.34. The second kappa shape index (κ2) is 15.6. The molecule has 0 saturated carbocycles. The van der Waals surface area contributed by atoms with E-state index in [9.17, 15) is 31.2 Å². The number of alkyl halides is 3. The monoisotopic (exact) mass is 729 g/mol. The second-order valence-corrected chi connectivity index (χ2v) is 14.1. The third-order valence-corrected chi connectivity index (χ3v) is 9.61. The molecule has 4 rings (SSSR count). The molecule has 7 nitrogen and oxygen atoms in total. The van der Waals surface area contributed by atoms with Crippen molar-refractivity contribution < 1.29 is 31.2 Å². The Kier molecular flexibility index (Phi) is 11.9. The van der Waals surface area contributed by atoms with Crippen molar-refractivity contribution in [1.29, 1.82) is 0 Å². The molecular formula is C35H35BrF3N3O4S. The van der Waals surface area contributed by atoms with Gasteiger partial charge in [0.25, 0.3) is 10.0 Å². The van der Waals surface area contributed by atoms with Crippen LogP contribution in [-0.2, 0) is 38.8 Å². The molecular weight excluding hydrogens is 695 g/mol. The van der Waals surface area contributed by atoms with Crippen molar-refractivity contribution in [2.24, 2.45) is 5.92 Å². The van der Waals surface area contributed by atoms with E-state index in [1.807, 2.05) is 32.0 Å². The van der Waals surface area contributed by atoms with E-state index in [4.69, 9.17) is 0 Å². The highest BCUT2D eigenvalue weighted by Crippen LogP contribution is 2.33. The zero-order valence-electron chi connectivity index (χ0n) is 25.8. The highest BCUT2D eigenvalue weighted by molar-refractivity contribution is 9.10. The molecule has 2 amide bonds. The first-order chi connectivity index (χ1) is 22.3. The largest absolute Gasteiger partial charge is 0.416 e. The number of nitrogens with one attached hydrogen (secondary N) is 1. The molecule has 1 unspecified atom stereocenters. The van der Waals surface area contributed by atoms with E-state index in [1.54, 1.807) is 42.5 Å². The molecule has 0 aromatic heterocycles. The summed E-state index contributed by atoms with van der Waals surface area (Å²) in [5.74, 6) is -1.10. The number of nitrogens with zero attached hydrogens (tertiary/aromatic N) is 2. The van der Waals surface area contributed by atoms with Gasteiger partial charge in [0.05, 0.1) is 16.1 Å². The lowest BCUT2D eigenvalue weighted by molar-refractivity contribution is -0.140. The maximum atomic E-state index is 14.4. The van der Waals surface area contributed by atoms with Crippen molar-refractivity contribution in [2.45, 2.75) is 43.9 Å². The summed E-state index contributed by atoms with van der Waals surface area (Å²) >= 11 is 3.40. The van der Waals surface area contributed by atoms with Gasteiger partial charge in [-0.3, -0.25) is 13.9 Å². The van der Waals surface area contributed by atoms with E-state index in [0.717, 1.165) is 22.2 Å². The van der Waals surface area contributed by atoms with Crippen molar-refractivity contribution in [3.8, 4) is 0 Å². The van der Waals surface area contributed by atoms with Gasteiger partial charge in [-0.1, -0.05) is 96.5 Å². The van der Waals surface area contributed by atoms with Crippen LogP contribution in [0.4, 0.5) is 18.9 Å². The van der Waals surface area contributed by atoms with Crippen LogP contribution in [0, 0.1) is 5.92 Å². The molecule has 0 aliphatic heterocycles. The Morgan fingerprint density at radius 3 is 2.04 bits per heavy atom. The molecule has 0 spiro atoms. The van der Waals surface area contributed by atoms with Crippen molar-refractivity contribution >= 4 is 43.5 Å². The predicted octanol–water partition coefficient (Wildman–Crippen LogP) is 7.08. The second-order valence-electron chi connectivity index (χ2n) is 11.4. The minimum atomic E-state index is -4.76. The van der Waals surface area contributed by atoms with Crippen LogP contribution < -0.4 is 9.62 Å². The number of hydrogen-bond donors (Lipinski definition) is 1. The standard InChI is InChI=1S/C35H35BrF3N3O4S/c1-25(2)22-40-34(44)32(20-26-10-5-3-6-11-26)41(23-27-16-18-29(36)19-17-27)33(43)24-42(47(45,46)31-14-7-4-8-15-31)30-13-9-12-28(21-30)35(37,38)39/h3-19,21,25,32H,20,22-24H2,1-2H3,(H,40,44). The Morgan fingerprint density at radius 2 is 1.45 bits per heavy atom. The Bertz CT molecular complexity index is 1750. The summed E-state index contributed by atoms with van der Waals surface area (Å²) < 4.78 is 70.7. The molecule has 4 aromatic carbocycles. The topological polar surface area (TPSA) is 86.8 Å². The van der Waals surface area contributed by atoms with Crippen LogP contribution in [0.25, 0.3) is 0 Å². The first-order valence-corrected chi connectivity index (χ1v) is 17.1. The Balaban J connectivity index is 1.83. The molecule has 4 aromatic rings. The average molecular weight is 731 g/mol. The van der Waals surface area contributed by atoms with Crippen molar-refractivity contribution in [1.82, 2.24) is 10.2 Å². The molecule has 12 heteroatoms. The maximum Gasteiger partial charge on any atom is 0.416 e. The van der Waals surface area contributed by atoms with Crippen molar-refractivity contribution in [2.75, 3.05) is 17.4 Å². The normalized spacial score (nSPS) is 12.4. The van der Waals surface area contributed by atoms with E-state index >= 15 is 0 Å². The Morgan fingerprint density at radius 1 is 0.830 bits per heavy atom. The number of carbonyl (C=O) groups excluding carboxylic acids is 2. The van der Waals surface area contributed by atoms with Gasteiger partial charge in [0, 0.05) is 24.0 Å². The van der Waals surface area contributed by atoms with Crippen LogP contribution in [0.1, 0.15) is 30.5 Å². The first-order valence-electron chi connectivity index (χ1n) is 14.9. The third-order valence-electron chi connectivity index (χ3n) is 7.29. The zero-order chi connectivity index (χ0) is 34.2. The number of hydrogen-bond acceptors (Lipinski definition) is 4. The van der Waals surface area contributed by atoms with Gasteiger partial charge >= 0.3 is 6.18 Å². The summed E-state index contributed by atoms with van der Waals surface area (Å²) in [4.78, 5) is 29.3. The molecule has 0 radical (unpaired) electrons. The molecule has 47 heavy (non-hydrogen) atoms. The molecule has 0 fully saturated rings. The van der Waals surface area contributed by atoms with Gasteiger partial charge in [0.1, 0.15) is 12.6 Å². The number of anilines is 1. The zero-order valence-corrected chi connectivity index (χ0v) is 28.2. The smallest absolute Gasteiger partial charge is 0.354 e. The molecule has 0 saturated heterocycles. The third kappa shape index (κ3) is 9.68. The fraction of sp³-hybridized carbons (Fsp3) is 0.257. The predicted molar refractivity (Wildman–Crippen MR) is 179 cm³/mol. The number of amides is 2. The number of sulfonamides is 1. The van der Waals surface area contributed by atoms with Gasteiger partial charge in [-0.2, -0.15) is 13.2 Å². The minimum absolute atomic E-state index is 0.0689. The maximum absolute atomic E-state index is 14.4. The van der Waals surface area contributed by atoms with Crippen LogP contribution in [0.15, 0.2) is 119 Å². The molecule has 248 valence electrons. The average Bonchev–Trinajstić information content (AvgIpc) is 3.05. The number of rotatable bonds is 13. The van der Waals surface area contributed by atoms with E-state index in [2.05, 4.69) is 21.2 Å². The minimum Gasteiger partial charge on any atom is -0.354 e. The Labute approximate surface area is 281 Å². The fourth-order valence-electron chi connectivity index (χ4n) is 4.85. The van der Waals surface area contributed by atoms with Crippen LogP contribution in [-0.4, -0.2) is 44.3 Å². The van der Waals surface area contributed by atoms with Gasteiger partial charge in [0.2, 0.25) is 11.8 Å². The van der Waals surface area contributed by atoms with Crippen molar-refractivity contribution in [3.05, 3.63) is 130 Å². The van der Waals surface area contributed by atoms with E-state index in [1.165, 1.54) is 35.2 Å². The summed E-state index contributed by atoms with van der Waals surface area (Å²) in [6.45, 7) is 3.26. The van der Waals surface area contributed by atoms with Crippen LogP contribution in [0.2, 0.25) is 0 Å². The van der Waals surface area contributed by atoms with Gasteiger partial charge in [-0.25, -0.2) is 8.42 Å². The highest BCUT2D eigenvalue weighted by Gasteiger charge is 2.36. The van der Waals surface area contributed by atoms with Crippen LogP contribution in [0.5, 0.6) is 0 Å². The SMILES string of the molecule is CC(C)CNC(=O)C(Cc1ccccc1)N(Cc1ccc(Br)cc1)C(=O)CN(c1cccc(C(F)(F)F)c1)S(=O)(=O)c1ccccc1. The summed E-state index contributed by atoms with van der Waals surface area (Å²) in [6, 6.07) is 26.1. The molecule has 1 N–H and O–H groups in total. The van der Waals surface area contributed by atoms with Gasteiger partial charge < -0.3 is 10.2 Å². The van der Waals surface area contributed by atoms with Gasteiger partial charge in [-0.05, 0) is 59.5 Å². The summed E-state index contributed by atoms with van der Waals surface area (Å²) in [5, 5.41) is 2.90. The summed E-state index contributed by atoms with van der Waals surface area (Å²) in [6.07, 6.45) is -4.65. The summed E-state index contributed by atoms with van der Waals surface area (Å²) in [5.41, 5.74) is 0.00665. The first kappa shape index (κ1) is 35.7. The van der Waals surface area contributed by atoms with Crippen molar-refractivity contribution in [3.63, 3.8) is 0 Å². The van der Waals surface area contributed by atoms with Crippen LogP contribution >= 0.6 is 15.9 Å². The molecule has 0 heterocycles. The lowest BCUT2D eigenvalue weighted by Crippen LogP contribution is -2.53. The van der Waals surface area contributed by atoms with Crippen LogP contribution in [0.3, 0.4) is 0 Å². The highest BCUT2D eigenvalue weighted by atomic mass is 79.9. The molecule has 0 aliphatic rings. The summed E-state index contributed by atoms with van der Waals surface area (Å²) in [7, 11) is -4.54. The fourth-order valence-corrected chi connectivity index (χ4v) is 6.54. The number of benzene rings is 4. The quantitative estimate of drug-likeness (QED) is 0.160. The molecule has 0 bridgehead atoms. The van der Waals surface area contributed by atoms with Gasteiger partial charge in [0.15, 0.2) is 0 Å². The van der Waals surface area contributed by atoms with E-state index < -0.39 is 46.2 Å². The van der Waals surface area contributed by atoms with Gasteiger partial charge in [-0.15, -0.1) is 0 Å². The number of halogens is 4. The molecule has 1 atom stereocenters. The molecule has 0 aliphatic carbocycles. The van der Waals surface area contributed by atoms with E-state index in [-0.39, 0.29) is 29.5 Å².